The van der Waals surface area contributed by atoms with E-state index in [2.05, 4.69) is 17.3 Å². The zero-order chi connectivity index (χ0) is 19.1. The average molecular weight is 396 g/mol. The Balaban J connectivity index is 2.00. The van der Waals surface area contributed by atoms with E-state index in [0.29, 0.717) is 16.6 Å². The maximum atomic E-state index is 12.4. The number of nitrogens with one attached hydrogen (secondary N) is 1. The third kappa shape index (κ3) is 5.48. The van der Waals surface area contributed by atoms with Gasteiger partial charge in [-0.2, -0.15) is 5.10 Å². The standard InChI is InChI=1S/C19H26ClN3O2S/c1-4-5-6-7-11-21-17(24)12-16-19(25)23(3)22-18(26-16)14-9-8-10-15(20)13(14)2/h8-10,16H,4-7,11-12H2,1-3H3,(H,21,24)/t16-/m0/s1. The lowest BCUT2D eigenvalue weighted by Gasteiger charge is -2.26. The molecule has 26 heavy (non-hydrogen) atoms. The Kier molecular flexibility index (Phi) is 7.97. The predicted molar refractivity (Wildman–Crippen MR) is 109 cm³/mol. The van der Waals surface area contributed by atoms with Crippen LogP contribution in [0.4, 0.5) is 0 Å². The summed E-state index contributed by atoms with van der Waals surface area (Å²) in [5.74, 6) is -0.246. The smallest absolute Gasteiger partial charge is 0.256 e. The molecule has 1 N–H and O–H groups in total. The molecule has 7 heteroatoms. The largest absolute Gasteiger partial charge is 0.356 e. The third-order valence-electron chi connectivity index (χ3n) is 4.31. The lowest BCUT2D eigenvalue weighted by Crippen LogP contribution is -2.40. The van der Waals surface area contributed by atoms with Crippen LogP contribution in [0.3, 0.4) is 0 Å². The summed E-state index contributed by atoms with van der Waals surface area (Å²) in [5, 5.41) is 9.51. The van der Waals surface area contributed by atoms with Crippen LogP contribution in [0.1, 0.15) is 50.2 Å². The molecule has 0 aliphatic carbocycles. The van der Waals surface area contributed by atoms with Crippen molar-refractivity contribution in [2.45, 2.75) is 51.2 Å². The van der Waals surface area contributed by atoms with Gasteiger partial charge in [0.2, 0.25) is 5.91 Å². The summed E-state index contributed by atoms with van der Waals surface area (Å²) in [6.07, 6.45) is 4.58. The molecule has 142 valence electrons. The van der Waals surface area contributed by atoms with Crippen molar-refractivity contribution >= 4 is 40.2 Å². The van der Waals surface area contributed by atoms with Gasteiger partial charge < -0.3 is 5.32 Å². The van der Waals surface area contributed by atoms with E-state index in [9.17, 15) is 9.59 Å². The van der Waals surface area contributed by atoms with Crippen molar-refractivity contribution in [3.8, 4) is 0 Å². The zero-order valence-electron chi connectivity index (χ0n) is 15.5. The highest BCUT2D eigenvalue weighted by Gasteiger charge is 2.32. The van der Waals surface area contributed by atoms with Crippen LogP contribution < -0.4 is 5.32 Å². The van der Waals surface area contributed by atoms with Crippen molar-refractivity contribution in [2.24, 2.45) is 5.10 Å². The molecule has 0 saturated heterocycles. The highest BCUT2D eigenvalue weighted by Crippen LogP contribution is 2.31. The van der Waals surface area contributed by atoms with Crippen molar-refractivity contribution < 1.29 is 9.59 Å². The molecule has 5 nitrogen and oxygen atoms in total. The average Bonchev–Trinajstić information content (AvgIpc) is 2.61. The Hall–Kier alpha value is -1.53. The van der Waals surface area contributed by atoms with Crippen LogP contribution in [0.2, 0.25) is 5.02 Å². The van der Waals surface area contributed by atoms with E-state index in [-0.39, 0.29) is 18.2 Å². The summed E-state index contributed by atoms with van der Waals surface area (Å²) < 4.78 is 0. The number of thioether (sulfide) groups is 1. The molecule has 1 aliphatic rings. The summed E-state index contributed by atoms with van der Waals surface area (Å²) in [5.41, 5.74) is 1.81. The van der Waals surface area contributed by atoms with Crippen molar-refractivity contribution in [1.29, 1.82) is 0 Å². The van der Waals surface area contributed by atoms with E-state index in [1.807, 2.05) is 25.1 Å². The molecule has 1 aromatic carbocycles. The van der Waals surface area contributed by atoms with Crippen LogP contribution in [0.25, 0.3) is 0 Å². The normalized spacial score (nSPS) is 17.2. The predicted octanol–water partition coefficient (Wildman–Crippen LogP) is 3.97. The van der Waals surface area contributed by atoms with Gasteiger partial charge in [-0.25, -0.2) is 5.01 Å². The van der Waals surface area contributed by atoms with Gasteiger partial charge in [0.25, 0.3) is 5.91 Å². The van der Waals surface area contributed by atoms with E-state index in [1.54, 1.807) is 7.05 Å². The SMILES string of the molecule is CCCCCCNC(=O)C[C@@H]1SC(c2cccc(Cl)c2C)=NN(C)C1=O. The molecule has 0 bridgehead atoms. The third-order valence-corrected chi connectivity index (χ3v) is 5.90. The van der Waals surface area contributed by atoms with Gasteiger partial charge in [0, 0.05) is 30.6 Å². The van der Waals surface area contributed by atoms with Gasteiger partial charge in [-0.15, -0.1) is 0 Å². The minimum atomic E-state index is -0.471. The number of benzene rings is 1. The van der Waals surface area contributed by atoms with Crippen LogP contribution in [-0.4, -0.2) is 40.7 Å². The molecule has 0 unspecified atom stereocenters. The second-order valence-corrected chi connectivity index (χ2v) is 8.00. The fraction of sp³-hybridized carbons (Fsp3) is 0.526. The topological polar surface area (TPSA) is 61.8 Å². The Bertz CT molecular complexity index is 693. The van der Waals surface area contributed by atoms with Crippen LogP contribution in [0, 0.1) is 6.92 Å². The van der Waals surface area contributed by atoms with E-state index in [1.165, 1.54) is 29.6 Å². The summed E-state index contributed by atoms with van der Waals surface area (Å²) >= 11 is 7.54. The molecule has 0 fully saturated rings. The number of carbonyl (C=O) groups excluding carboxylic acids is 2. The van der Waals surface area contributed by atoms with Crippen LogP contribution in [-0.2, 0) is 9.59 Å². The summed E-state index contributed by atoms with van der Waals surface area (Å²) in [7, 11) is 1.62. The molecule has 2 rings (SSSR count). The number of halogens is 1. The van der Waals surface area contributed by atoms with Crippen LogP contribution >= 0.6 is 23.4 Å². The molecule has 0 radical (unpaired) electrons. The number of carbonyl (C=O) groups is 2. The number of amides is 2. The number of hydrogen-bond donors (Lipinski definition) is 1. The Morgan fingerprint density at radius 3 is 2.85 bits per heavy atom. The van der Waals surface area contributed by atoms with Crippen molar-refractivity contribution in [3.63, 3.8) is 0 Å². The van der Waals surface area contributed by atoms with Gasteiger partial charge in [-0.05, 0) is 25.0 Å². The lowest BCUT2D eigenvalue weighted by molar-refractivity contribution is -0.132. The molecule has 1 aromatic rings. The second kappa shape index (κ2) is 9.97. The highest BCUT2D eigenvalue weighted by molar-refractivity contribution is 8.15. The highest BCUT2D eigenvalue weighted by atomic mass is 35.5. The van der Waals surface area contributed by atoms with Crippen LogP contribution in [0.5, 0.6) is 0 Å². The number of hydrogen-bond acceptors (Lipinski definition) is 4. The van der Waals surface area contributed by atoms with Gasteiger partial charge in [0.05, 0.1) is 0 Å². The van der Waals surface area contributed by atoms with Gasteiger partial charge >= 0.3 is 0 Å². The molecule has 0 saturated carbocycles. The van der Waals surface area contributed by atoms with E-state index in [4.69, 9.17) is 11.6 Å². The first kappa shape index (κ1) is 20.8. The van der Waals surface area contributed by atoms with Gasteiger partial charge in [0.1, 0.15) is 10.3 Å². The molecular weight excluding hydrogens is 370 g/mol. The van der Waals surface area contributed by atoms with Gasteiger partial charge in [-0.3, -0.25) is 9.59 Å². The minimum absolute atomic E-state index is 0.0928. The van der Waals surface area contributed by atoms with E-state index in [0.717, 1.165) is 24.0 Å². The second-order valence-electron chi connectivity index (χ2n) is 6.40. The number of hydrazone groups is 1. The monoisotopic (exact) mass is 395 g/mol. The molecular formula is C19H26ClN3O2S. The summed E-state index contributed by atoms with van der Waals surface area (Å²) in [4.78, 5) is 24.6. The summed E-state index contributed by atoms with van der Waals surface area (Å²) in [6.45, 7) is 4.74. The van der Waals surface area contributed by atoms with Crippen LogP contribution in [0.15, 0.2) is 23.3 Å². The molecule has 1 aliphatic heterocycles. The molecule has 0 aromatic heterocycles. The van der Waals surface area contributed by atoms with Crippen molar-refractivity contribution in [2.75, 3.05) is 13.6 Å². The van der Waals surface area contributed by atoms with Gasteiger partial charge in [0.15, 0.2) is 0 Å². The molecule has 2 amide bonds. The zero-order valence-corrected chi connectivity index (χ0v) is 17.1. The fourth-order valence-corrected chi connectivity index (χ4v) is 4.16. The number of nitrogens with zero attached hydrogens (tertiary/aromatic N) is 2. The molecule has 1 heterocycles. The number of unbranched alkanes of at least 4 members (excludes halogenated alkanes) is 3. The van der Waals surface area contributed by atoms with E-state index >= 15 is 0 Å². The first-order valence-corrected chi connectivity index (χ1v) is 10.2. The van der Waals surface area contributed by atoms with Crippen molar-refractivity contribution in [3.05, 3.63) is 34.3 Å². The summed E-state index contributed by atoms with van der Waals surface area (Å²) in [6, 6.07) is 5.62. The first-order valence-electron chi connectivity index (χ1n) is 8.99. The Morgan fingerprint density at radius 2 is 2.12 bits per heavy atom. The Labute approximate surface area is 164 Å². The fourth-order valence-electron chi connectivity index (χ4n) is 2.71. The quantitative estimate of drug-likeness (QED) is 0.677. The van der Waals surface area contributed by atoms with Gasteiger partial charge in [-0.1, -0.05) is 61.7 Å². The minimum Gasteiger partial charge on any atom is -0.356 e. The Morgan fingerprint density at radius 1 is 1.35 bits per heavy atom. The van der Waals surface area contributed by atoms with Crippen molar-refractivity contribution in [1.82, 2.24) is 10.3 Å². The van der Waals surface area contributed by atoms with E-state index < -0.39 is 5.25 Å². The maximum absolute atomic E-state index is 12.4. The lowest BCUT2D eigenvalue weighted by atomic mass is 10.1. The number of rotatable bonds is 8. The molecule has 1 atom stereocenters. The molecule has 0 spiro atoms. The maximum Gasteiger partial charge on any atom is 0.256 e. The first-order chi connectivity index (χ1) is 12.4.